The van der Waals surface area contributed by atoms with Crippen molar-refractivity contribution >= 4 is 17.9 Å². The van der Waals surface area contributed by atoms with Crippen molar-refractivity contribution in [3.8, 4) is 0 Å². The molecule has 0 rings (SSSR count). The second-order valence-corrected chi connectivity index (χ2v) is 17.1. The van der Waals surface area contributed by atoms with Crippen LogP contribution in [0.2, 0.25) is 0 Å². The lowest BCUT2D eigenvalue weighted by atomic mass is 10.1. The van der Waals surface area contributed by atoms with Gasteiger partial charge in [0.1, 0.15) is 13.2 Å². The van der Waals surface area contributed by atoms with Crippen LogP contribution < -0.4 is 0 Å². The fourth-order valence-corrected chi connectivity index (χ4v) is 7.03. The summed E-state index contributed by atoms with van der Waals surface area (Å²) in [5.74, 6) is -0.922. The molecular formula is C55H96O6. The molecular weight excluding hydrogens is 757 g/mol. The van der Waals surface area contributed by atoms with Crippen molar-refractivity contribution < 1.29 is 28.6 Å². The van der Waals surface area contributed by atoms with Gasteiger partial charge in [0, 0.05) is 19.3 Å². The normalized spacial score (nSPS) is 12.5. The van der Waals surface area contributed by atoms with E-state index in [0.717, 1.165) is 109 Å². The molecule has 0 spiro atoms. The third-order valence-electron chi connectivity index (χ3n) is 11.0. The van der Waals surface area contributed by atoms with Crippen LogP contribution in [0.25, 0.3) is 0 Å². The Kier molecular flexibility index (Phi) is 47.4. The van der Waals surface area contributed by atoms with Gasteiger partial charge in [-0.25, -0.2) is 0 Å². The zero-order valence-corrected chi connectivity index (χ0v) is 40.2. The fourth-order valence-electron chi connectivity index (χ4n) is 7.03. The topological polar surface area (TPSA) is 78.9 Å². The summed E-state index contributed by atoms with van der Waals surface area (Å²) < 4.78 is 16.8. The third kappa shape index (κ3) is 48.0. The quantitative estimate of drug-likeness (QED) is 0.0263. The fraction of sp³-hybridized carbons (Fsp3) is 0.764. The molecule has 0 aromatic rings. The van der Waals surface area contributed by atoms with Crippen LogP contribution in [0.4, 0.5) is 0 Å². The highest BCUT2D eigenvalue weighted by molar-refractivity contribution is 5.71. The molecule has 0 heterocycles. The first-order valence-electron chi connectivity index (χ1n) is 25.8. The number of hydrogen-bond donors (Lipinski definition) is 0. The summed E-state index contributed by atoms with van der Waals surface area (Å²) in [6, 6.07) is 0. The molecule has 0 aliphatic rings. The molecule has 0 saturated heterocycles. The summed E-state index contributed by atoms with van der Waals surface area (Å²) in [6.45, 7) is 6.54. The van der Waals surface area contributed by atoms with Crippen LogP contribution in [-0.4, -0.2) is 37.2 Å². The van der Waals surface area contributed by atoms with E-state index >= 15 is 0 Å². The molecule has 1 atom stereocenters. The Morgan fingerprint density at radius 1 is 0.328 bits per heavy atom. The maximum atomic E-state index is 12.8. The van der Waals surface area contributed by atoms with Gasteiger partial charge in [0.25, 0.3) is 0 Å². The molecule has 6 heteroatoms. The highest BCUT2D eigenvalue weighted by atomic mass is 16.6. The van der Waals surface area contributed by atoms with E-state index in [1.54, 1.807) is 0 Å². The largest absolute Gasteiger partial charge is 0.462 e. The van der Waals surface area contributed by atoms with Crippen molar-refractivity contribution in [1.29, 1.82) is 0 Å². The van der Waals surface area contributed by atoms with Gasteiger partial charge in [-0.05, 0) is 109 Å². The van der Waals surface area contributed by atoms with E-state index in [0.29, 0.717) is 19.3 Å². The Balaban J connectivity index is 4.44. The number of ether oxygens (including phenoxy) is 3. The van der Waals surface area contributed by atoms with E-state index in [1.165, 1.54) is 103 Å². The summed E-state index contributed by atoms with van der Waals surface area (Å²) in [5.41, 5.74) is 0. The Hall–Kier alpha value is -2.89. The van der Waals surface area contributed by atoms with Gasteiger partial charge >= 0.3 is 17.9 Å². The number of carbonyl (C=O) groups is 3. The highest BCUT2D eigenvalue weighted by Gasteiger charge is 2.19. The maximum Gasteiger partial charge on any atom is 0.306 e. The van der Waals surface area contributed by atoms with Crippen LogP contribution in [0.3, 0.4) is 0 Å². The maximum absolute atomic E-state index is 12.8. The van der Waals surface area contributed by atoms with Gasteiger partial charge in [-0.15, -0.1) is 0 Å². The summed E-state index contributed by atoms with van der Waals surface area (Å²) in [7, 11) is 0. The van der Waals surface area contributed by atoms with Gasteiger partial charge in [-0.2, -0.15) is 0 Å². The summed E-state index contributed by atoms with van der Waals surface area (Å²) >= 11 is 0. The average Bonchev–Trinajstić information content (AvgIpc) is 3.26. The highest BCUT2D eigenvalue weighted by Crippen LogP contribution is 2.13. The van der Waals surface area contributed by atoms with Gasteiger partial charge in [0.15, 0.2) is 6.10 Å². The molecule has 0 saturated carbocycles. The second-order valence-electron chi connectivity index (χ2n) is 17.1. The molecule has 0 amide bonds. The standard InChI is InChI=1S/C55H96O6/c1-4-7-10-13-16-19-22-25-27-30-33-36-39-42-45-48-54(57)60-51-52(50-59-53(56)47-44-41-38-35-32-29-24-21-18-15-12-9-6-3)61-55(58)49-46-43-40-37-34-31-28-26-23-20-17-14-11-8-5-2/h16-17,19-21,24-28,52H,4-15,18,22-23,29-51H2,1-3H3/b19-16+,20-17+,24-21+,27-25+,28-26+/t52-/m1/s1. The second kappa shape index (κ2) is 49.8. The van der Waals surface area contributed by atoms with E-state index in [4.69, 9.17) is 14.2 Å². The average molecular weight is 853 g/mol. The number of hydrogen-bond acceptors (Lipinski definition) is 6. The molecule has 0 bridgehead atoms. The molecule has 0 aliphatic carbocycles. The Bertz CT molecular complexity index is 1120. The summed E-state index contributed by atoms with van der Waals surface area (Å²) in [5, 5.41) is 0. The lowest BCUT2D eigenvalue weighted by Gasteiger charge is -2.18. The van der Waals surface area contributed by atoms with Crippen LogP contribution in [0.15, 0.2) is 60.8 Å². The molecule has 61 heavy (non-hydrogen) atoms. The molecule has 6 nitrogen and oxygen atoms in total. The van der Waals surface area contributed by atoms with Gasteiger partial charge in [0.2, 0.25) is 0 Å². The van der Waals surface area contributed by atoms with Crippen molar-refractivity contribution in [2.45, 2.75) is 258 Å². The molecule has 352 valence electrons. The number of rotatable bonds is 46. The van der Waals surface area contributed by atoms with E-state index in [9.17, 15) is 14.4 Å². The molecule has 0 aromatic heterocycles. The van der Waals surface area contributed by atoms with Crippen LogP contribution in [0.5, 0.6) is 0 Å². The zero-order chi connectivity index (χ0) is 44.4. The minimum Gasteiger partial charge on any atom is -0.462 e. The van der Waals surface area contributed by atoms with Crippen LogP contribution in [-0.2, 0) is 28.6 Å². The molecule has 0 aliphatic heterocycles. The van der Waals surface area contributed by atoms with E-state index in [2.05, 4.69) is 81.5 Å². The van der Waals surface area contributed by atoms with Gasteiger partial charge in [-0.3, -0.25) is 14.4 Å². The molecule has 0 aromatic carbocycles. The minimum atomic E-state index is -0.789. The Morgan fingerprint density at radius 2 is 0.590 bits per heavy atom. The molecule has 0 unspecified atom stereocenters. The van der Waals surface area contributed by atoms with Gasteiger partial charge in [0.05, 0.1) is 0 Å². The van der Waals surface area contributed by atoms with Gasteiger partial charge in [-0.1, -0.05) is 184 Å². The third-order valence-corrected chi connectivity index (χ3v) is 11.0. The smallest absolute Gasteiger partial charge is 0.306 e. The van der Waals surface area contributed by atoms with Crippen molar-refractivity contribution in [2.24, 2.45) is 0 Å². The van der Waals surface area contributed by atoms with Gasteiger partial charge < -0.3 is 14.2 Å². The summed E-state index contributed by atoms with van der Waals surface area (Å²) in [4.78, 5) is 37.9. The number of carbonyl (C=O) groups excluding carboxylic acids is 3. The monoisotopic (exact) mass is 853 g/mol. The SMILES string of the molecule is CCCCC/C=C/C/C=C/CCCCCCCC(=O)OC[C@@H](COC(=O)CCCCCCC/C=C/CCCCCC)OC(=O)CCCCCCC/C=C/C/C=C/CCCCC. The number of unbranched alkanes of at least 4 members (excludes halogenated alkanes) is 25. The molecule has 0 N–H and O–H groups in total. The van der Waals surface area contributed by atoms with Crippen molar-refractivity contribution in [3.05, 3.63) is 60.8 Å². The Labute approximate surface area is 377 Å². The number of allylic oxidation sites excluding steroid dienone is 10. The van der Waals surface area contributed by atoms with E-state index in [1.807, 2.05) is 0 Å². The van der Waals surface area contributed by atoms with Crippen LogP contribution in [0, 0.1) is 0 Å². The molecule has 0 radical (unpaired) electrons. The van der Waals surface area contributed by atoms with E-state index < -0.39 is 6.10 Å². The first-order chi connectivity index (χ1) is 30.0. The predicted molar refractivity (Wildman–Crippen MR) is 261 cm³/mol. The lowest BCUT2D eigenvalue weighted by Crippen LogP contribution is -2.30. The Morgan fingerprint density at radius 3 is 0.951 bits per heavy atom. The van der Waals surface area contributed by atoms with Crippen molar-refractivity contribution in [1.82, 2.24) is 0 Å². The number of esters is 3. The zero-order valence-electron chi connectivity index (χ0n) is 40.2. The lowest BCUT2D eigenvalue weighted by molar-refractivity contribution is -0.167. The first-order valence-corrected chi connectivity index (χ1v) is 25.8. The van der Waals surface area contributed by atoms with E-state index in [-0.39, 0.29) is 31.1 Å². The molecule has 0 fully saturated rings. The summed E-state index contributed by atoms with van der Waals surface area (Å²) in [6.07, 6.45) is 60.5. The minimum absolute atomic E-state index is 0.0888. The van der Waals surface area contributed by atoms with Crippen LogP contribution in [0.1, 0.15) is 252 Å². The van der Waals surface area contributed by atoms with Crippen molar-refractivity contribution in [3.63, 3.8) is 0 Å². The first kappa shape index (κ1) is 58.1. The van der Waals surface area contributed by atoms with Crippen molar-refractivity contribution in [2.75, 3.05) is 13.2 Å². The van der Waals surface area contributed by atoms with Crippen LogP contribution >= 0.6 is 0 Å². The predicted octanol–water partition coefficient (Wildman–Crippen LogP) is 16.9.